The number of ether oxygens (including phenoxy) is 2. The molecule has 4 aliphatic rings. The topological polar surface area (TPSA) is 50.8 Å². The Labute approximate surface area is 194 Å². The van der Waals surface area contributed by atoms with Crippen LogP contribution in [0.3, 0.4) is 0 Å². The lowest BCUT2D eigenvalue weighted by Crippen LogP contribution is -2.83. The summed E-state index contributed by atoms with van der Waals surface area (Å²) in [4.78, 5) is 14.7. The molecule has 3 saturated carbocycles. The Kier molecular flexibility index (Phi) is 5.48. The Bertz CT molecular complexity index is 1010. The first-order valence-corrected chi connectivity index (χ1v) is 11.3. The molecule has 1 saturated heterocycles. The fourth-order valence-corrected chi connectivity index (χ4v) is 5.51. The zero-order valence-corrected chi connectivity index (χ0v) is 18.6. The summed E-state index contributed by atoms with van der Waals surface area (Å²) in [6.07, 6.45) is -0.856. The molecule has 1 amide bonds. The maximum atomic E-state index is 12.7. The summed E-state index contributed by atoms with van der Waals surface area (Å²) in [5.74, 6) is 0.917. The molecule has 0 aromatic heterocycles. The first-order chi connectivity index (χ1) is 15.6. The Morgan fingerprint density at radius 2 is 1.70 bits per heavy atom. The third-order valence-corrected chi connectivity index (χ3v) is 7.14. The van der Waals surface area contributed by atoms with Crippen molar-refractivity contribution in [3.63, 3.8) is 0 Å². The maximum Gasteiger partial charge on any atom is 0.416 e. The molecule has 1 N–H and O–H groups in total. The normalized spacial score (nSPS) is 28.5. The number of nitrogens with one attached hydrogen (secondary N) is 1. The molecule has 176 valence electrons. The Morgan fingerprint density at radius 1 is 1.06 bits per heavy atom. The van der Waals surface area contributed by atoms with Crippen LogP contribution < -0.4 is 14.8 Å². The lowest BCUT2D eigenvalue weighted by Gasteiger charge is -2.73. The van der Waals surface area contributed by atoms with Crippen molar-refractivity contribution in [1.82, 2.24) is 10.2 Å². The van der Waals surface area contributed by atoms with Gasteiger partial charge in [0.1, 0.15) is 17.6 Å². The van der Waals surface area contributed by atoms with Crippen molar-refractivity contribution < 1.29 is 27.4 Å². The quantitative estimate of drug-likeness (QED) is 0.625. The lowest BCUT2D eigenvalue weighted by atomic mass is 9.43. The van der Waals surface area contributed by atoms with Gasteiger partial charge in [-0.25, -0.2) is 0 Å². The van der Waals surface area contributed by atoms with Crippen LogP contribution in [0.2, 0.25) is 5.02 Å². The van der Waals surface area contributed by atoms with Crippen molar-refractivity contribution >= 4 is 17.5 Å². The van der Waals surface area contributed by atoms with Crippen LogP contribution in [0.1, 0.15) is 31.2 Å². The zero-order chi connectivity index (χ0) is 23.3. The molecule has 4 fully saturated rings. The standard InChI is InChI=1S/C24H24ClF3N2O3/c25-17-3-7-18(8-4-17)32-12-21(31)29-22-13-23(14-22,15-22)30-10-9-20(11-30)33-19-5-1-16(2-6-19)24(26,27)28/h1-8,20H,9-15H2,(H,29,31). The van der Waals surface area contributed by atoms with E-state index in [1.165, 1.54) is 12.1 Å². The molecule has 1 atom stereocenters. The van der Waals surface area contributed by atoms with Crippen molar-refractivity contribution in [3.05, 3.63) is 59.1 Å². The van der Waals surface area contributed by atoms with Gasteiger partial charge in [-0.1, -0.05) is 11.6 Å². The highest BCUT2D eigenvalue weighted by Crippen LogP contribution is 2.64. The van der Waals surface area contributed by atoms with Crippen LogP contribution in [0.5, 0.6) is 11.5 Å². The zero-order valence-electron chi connectivity index (χ0n) is 17.8. The molecule has 5 nitrogen and oxygen atoms in total. The van der Waals surface area contributed by atoms with Crippen molar-refractivity contribution in [1.29, 1.82) is 0 Å². The molecular weight excluding hydrogens is 457 g/mol. The van der Waals surface area contributed by atoms with Gasteiger partial charge in [0, 0.05) is 29.2 Å². The van der Waals surface area contributed by atoms with Crippen molar-refractivity contribution in [2.45, 2.75) is 49.0 Å². The first kappa shape index (κ1) is 22.3. The summed E-state index contributed by atoms with van der Waals surface area (Å²) in [5.41, 5.74) is -0.724. The van der Waals surface area contributed by atoms with Crippen LogP contribution in [-0.4, -0.2) is 47.7 Å². The van der Waals surface area contributed by atoms with E-state index in [2.05, 4.69) is 10.2 Å². The van der Waals surface area contributed by atoms with E-state index in [0.29, 0.717) is 16.5 Å². The molecule has 9 heteroatoms. The fourth-order valence-electron chi connectivity index (χ4n) is 5.38. The van der Waals surface area contributed by atoms with Gasteiger partial charge in [-0.2, -0.15) is 13.2 Å². The van der Waals surface area contributed by atoms with Gasteiger partial charge in [0.2, 0.25) is 0 Å². The van der Waals surface area contributed by atoms with Crippen LogP contribution in [0.25, 0.3) is 0 Å². The van der Waals surface area contributed by atoms with Crippen LogP contribution in [0, 0.1) is 0 Å². The molecule has 6 rings (SSSR count). The maximum absolute atomic E-state index is 12.7. The third-order valence-electron chi connectivity index (χ3n) is 6.89. The molecule has 1 aliphatic heterocycles. The van der Waals surface area contributed by atoms with E-state index in [4.69, 9.17) is 21.1 Å². The van der Waals surface area contributed by atoms with Crippen molar-refractivity contribution in [2.75, 3.05) is 19.7 Å². The predicted molar refractivity (Wildman–Crippen MR) is 116 cm³/mol. The number of carbonyl (C=O) groups is 1. The summed E-state index contributed by atoms with van der Waals surface area (Å²) in [5, 5.41) is 3.73. The number of benzene rings is 2. The molecule has 0 spiro atoms. The minimum atomic E-state index is -4.35. The fraction of sp³-hybridized carbons (Fsp3) is 0.458. The number of hydrogen-bond donors (Lipinski definition) is 1. The van der Waals surface area contributed by atoms with Crippen LogP contribution in [0.4, 0.5) is 13.2 Å². The van der Waals surface area contributed by atoms with Gasteiger partial charge in [0.05, 0.1) is 5.56 Å². The molecule has 2 bridgehead atoms. The number of halogens is 4. The van der Waals surface area contributed by atoms with Gasteiger partial charge in [-0.05, 0) is 74.2 Å². The molecule has 3 aliphatic carbocycles. The number of likely N-dealkylation sites (tertiary alicyclic amines) is 1. The molecule has 2 aromatic carbocycles. The van der Waals surface area contributed by atoms with Gasteiger partial charge in [-0.3, -0.25) is 9.69 Å². The number of hydrogen-bond acceptors (Lipinski definition) is 4. The number of alkyl halides is 3. The smallest absolute Gasteiger partial charge is 0.416 e. The van der Waals surface area contributed by atoms with E-state index in [0.717, 1.165) is 50.9 Å². The summed E-state index contributed by atoms with van der Waals surface area (Å²) in [6.45, 7) is 1.59. The second-order valence-electron chi connectivity index (χ2n) is 9.32. The number of carbonyl (C=O) groups excluding carboxylic acids is 1. The predicted octanol–water partition coefficient (Wildman–Crippen LogP) is 4.68. The minimum absolute atomic E-state index is 0.0386. The van der Waals surface area contributed by atoms with Crippen LogP contribution in [0.15, 0.2) is 48.5 Å². The summed E-state index contributed by atoms with van der Waals surface area (Å²) in [6, 6.07) is 11.7. The third kappa shape index (κ3) is 4.51. The Balaban J connectivity index is 1.06. The van der Waals surface area contributed by atoms with E-state index in [1.807, 2.05) is 0 Å². The first-order valence-electron chi connectivity index (χ1n) is 10.9. The van der Waals surface area contributed by atoms with E-state index < -0.39 is 11.7 Å². The van der Waals surface area contributed by atoms with Crippen LogP contribution >= 0.6 is 11.6 Å². The van der Waals surface area contributed by atoms with Gasteiger partial charge in [0.25, 0.3) is 5.91 Å². The van der Waals surface area contributed by atoms with E-state index in [9.17, 15) is 18.0 Å². The van der Waals surface area contributed by atoms with E-state index in [1.54, 1.807) is 24.3 Å². The number of amides is 1. The van der Waals surface area contributed by atoms with E-state index >= 15 is 0 Å². The van der Waals surface area contributed by atoms with Gasteiger partial charge in [-0.15, -0.1) is 0 Å². The van der Waals surface area contributed by atoms with Gasteiger partial charge in [0.15, 0.2) is 6.61 Å². The molecular formula is C24H24ClF3N2O3. The SMILES string of the molecule is O=C(COc1ccc(Cl)cc1)NC12CC(N3CCC(Oc4ccc(C(F)(F)F)cc4)C3)(C1)C2. The molecule has 2 aromatic rings. The van der Waals surface area contributed by atoms with Gasteiger partial charge >= 0.3 is 6.18 Å². The Hall–Kier alpha value is -2.45. The molecule has 1 unspecified atom stereocenters. The molecule has 33 heavy (non-hydrogen) atoms. The number of nitrogens with zero attached hydrogens (tertiary/aromatic N) is 1. The highest BCUT2D eigenvalue weighted by atomic mass is 35.5. The van der Waals surface area contributed by atoms with Crippen LogP contribution in [-0.2, 0) is 11.0 Å². The summed E-state index contributed by atoms with van der Waals surface area (Å²) >= 11 is 5.85. The Morgan fingerprint density at radius 3 is 2.33 bits per heavy atom. The highest BCUT2D eigenvalue weighted by molar-refractivity contribution is 6.30. The monoisotopic (exact) mass is 480 g/mol. The average Bonchev–Trinajstić information content (AvgIpc) is 3.17. The van der Waals surface area contributed by atoms with Crippen molar-refractivity contribution in [3.8, 4) is 11.5 Å². The largest absolute Gasteiger partial charge is 0.489 e. The lowest BCUT2D eigenvalue weighted by molar-refractivity contribution is -0.179. The highest BCUT2D eigenvalue weighted by Gasteiger charge is 2.71. The molecule has 1 heterocycles. The molecule has 0 radical (unpaired) electrons. The minimum Gasteiger partial charge on any atom is -0.489 e. The average molecular weight is 481 g/mol. The van der Waals surface area contributed by atoms with Crippen molar-refractivity contribution in [2.24, 2.45) is 0 Å². The number of rotatable bonds is 7. The summed E-state index contributed by atoms with van der Waals surface area (Å²) < 4.78 is 49.6. The van der Waals surface area contributed by atoms with Gasteiger partial charge < -0.3 is 14.8 Å². The second-order valence-corrected chi connectivity index (χ2v) is 9.76. The summed E-state index contributed by atoms with van der Waals surface area (Å²) in [7, 11) is 0. The second kappa shape index (κ2) is 8.09. The van der Waals surface area contributed by atoms with E-state index in [-0.39, 0.29) is 29.7 Å².